The molecule has 4 rings (SSSR count). The molecule has 27 heavy (non-hydrogen) atoms. The molecule has 1 aliphatic heterocycles. The molecule has 0 saturated heterocycles. The van der Waals surface area contributed by atoms with E-state index in [1.165, 1.54) is 0 Å². The number of hydrogen-bond acceptors (Lipinski definition) is 4. The van der Waals surface area contributed by atoms with E-state index in [1.54, 1.807) is 24.3 Å². The summed E-state index contributed by atoms with van der Waals surface area (Å²) in [5.74, 6) is 1.90. The van der Waals surface area contributed by atoms with Crippen molar-refractivity contribution in [2.75, 3.05) is 18.5 Å². The number of hydrogen-bond donors (Lipinski definition) is 1. The number of benzene rings is 3. The van der Waals surface area contributed by atoms with Crippen molar-refractivity contribution >= 4 is 11.6 Å². The van der Waals surface area contributed by atoms with E-state index in [0.717, 1.165) is 11.3 Å². The van der Waals surface area contributed by atoms with Gasteiger partial charge in [0.15, 0.2) is 11.5 Å². The molecule has 0 aliphatic carbocycles. The van der Waals surface area contributed by atoms with Gasteiger partial charge < -0.3 is 19.5 Å². The molecule has 5 nitrogen and oxygen atoms in total. The molecule has 1 amide bonds. The third-order valence-corrected chi connectivity index (χ3v) is 4.20. The highest BCUT2D eigenvalue weighted by Crippen LogP contribution is 2.32. The summed E-state index contributed by atoms with van der Waals surface area (Å²) in [5, 5.41) is 2.92. The first-order valence-corrected chi connectivity index (χ1v) is 8.76. The Morgan fingerprint density at radius 1 is 0.889 bits per heavy atom. The minimum Gasteiger partial charge on any atom is -0.489 e. The summed E-state index contributed by atoms with van der Waals surface area (Å²) in [6.45, 7) is 1.35. The zero-order chi connectivity index (χ0) is 18.5. The predicted octanol–water partition coefficient (Wildman–Crippen LogP) is 4.29. The lowest BCUT2D eigenvalue weighted by Crippen LogP contribution is -2.17. The monoisotopic (exact) mass is 361 g/mol. The molecule has 1 heterocycles. The topological polar surface area (TPSA) is 56.8 Å². The molecule has 0 saturated carbocycles. The average molecular weight is 361 g/mol. The van der Waals surface area contributed by atoms with Gasteiger partial charge in [0.2, 0.25) is 0 Å². The SMILES string of the molecule is O=C(Nc1ccc2c(c1)OCCO2)c1ccccc1COc1ccccc1. The highest BCUT2D eigenvalue weighted by molar-refractivity contribution is 6.05. The number of rotatable bonds is 5. The number of carbonyl (C=O) groups excluding carboxylic acids is 1. The largest absolute Gasteiger partial charge is 0.489 e. The Balaban J connectivity index is 1.49. The molecule has 0 fully saturated rings. The number of anilines is 1. The van der Waals surface area contributed by atoms with E-state index in [-0.39, 0.29) is 5.91 Å². The zero-order valence-corrected chi connectivity index (χ0v) is 14.7. The van der Waals surface area contributed by atoms with E-state index in [0.29, 0.717) is 42.6 Å². The maximum absolute atomic E-state index is 12.8. The molecule has 1 N–H and O–H groups in total. The quantitative estimate of drug-likeness (QED) is 0.737. The van der Waals surface area contributed by atoms with Gasteiger partial charge in [-0.3, -0.25) is 4.79 Å². The van der Waals surface area contributed by atoms with Crippen molar-refractivity contribution in [2.24, 2.45) is 0 Å². The van der Waals surface area contributed by atoms with Crippen LogP contribution in [0.2, 0.25) is 0 Å². The molecule has 0 atom stereocenters. The molecule has 0 bridgehead atoms. The normalized spacial score (nSPS) is 12.3. The van der Waals surface area contributed by atoms with Gasteiger partial charge in [-0.05, 0) is 30.3 Å². The molecular formula is C22H19NO4. The van der Waals surface area contributed by atoms with Gasteiger partial charge in [0.25, 0.3) is 5.91 Å². The van der Waals surface area contributed by atoms with Gasteiger partial charge in [-0.15, -0.1) is 0 Å². The summed E-state index contributed by atoms with van der Waals surface area (Å²) >= 11 is 0. The van der Waals surface area contributed by atoms with Crippen molar-refractivity contribution < 1.29 is 19.0 Å². The van der Waals surface area contributed by atoms with Gasteiger partial charge >= 0.3 is 0 Å². The van der Waals surface area contributed by atoms with Gasteiger partial charge in [0.1, 0.15) is 25.6 Å². The van der Waals surface area contributed by atoms with E-state index in [4.69, 9.17) is 14.2 Å². The van der Waals surface area contributed by atoms with Crippen molar-refractivity contribution in [2.45, 2.75) is 6.61 Å². The van der Waals surface area contributed by atoms with Crippen LogP contribution in [0.1, 0.15) is 15.9 Å². The maximum atomic E-state index is 12.8. The first-order valence-electron chi connectivity index (χ1n) is 8.76. The van der Waals surface area contributed by atoms with Crippen LogP contribution in [0.15, 0.2) is 72.8 Å². The van der Waals surface area contributed by atoms with E-state index in [2.05, 4.69) is 5.32 Å². The molecule has 0 radical (unpaired) electrons. The standard InChI is InChI=1S/C22H19NO4/c24-22(23-17-10-11-20-21(14-17)26-13-12-25-20)19-9-5-4-6-16(19)15-27-18-7-2-1-3-8-18/h1-11,14H,12-13,15H2,(H,23,24). The molecule has 136 valence electrons. The van der Waals surface area contributed by atoms with Crippen molar-refractivity contribution in [3.8, 4) is 17.2 Å². The summed E-state index contributed by atoms with van der Waals surface area (Å²) in [4.78, 5) is 12.8. The Bertz CT molecular complexity index is 940. The lowest BCUT2D eigenvalue weighted by Gasteiger charge is -2.19. The Hall–Kier alpha value is -3.47. The van der Waals surface area contributed by atoms with Crippen molar-refractivity contribution in [3.05, 3.63) is 83.9 Å². The Labute approximate surface area is 157 Å². The van der Waals surface area contributed by atoms with Crippen LogP contribution in [0.4, 0.5) is 5.69 Å². The predicted molar refractivity (Wildman–Crippen MR) is 103 cm³/mol. The summed E-state index contributed by atoms with van der Waals surface area (Å²) in [6.07, 6.45) is 0. The minimum atomic E-state index is -0.195. The summed E-state index contributed by atoms with van der Waals surface area (Å²) in [5.41, 5.74) is 2.04. The fourth-order valence-electron chi connectivity index (χ4n) is 2.87. The Kier molecular flexibility index (Phi) is 4.92. The first-order chi connectivity index (χ1) is 13.3. The molecule has 3 aromatic rings. The third kappa shape index (κ3) is 4.03. The van der Waals surface area contributed by atoms with Crippen LogP contribution in [0.25, 0.3) is 0 Å². The fraction of sp³-hybridized carbons (Fsp3) is 0.136. The Morgan fingerprint density at radius 2 is 1.63 bits per heavy atom. The zero-order valence-electron chi connectivity index (χ0n) is 14.7. The number of fused-ring (bicyclic) bond motifs is 1. The van der Waals surface area contributed by atoms with E-state index in [9.17, 15) is 4.79 Å². The number of amides is 1. The second-order valence-corrected chi connectivity index (χ2v) is 6.07. The first kappa shape index (κ1) is 17.0. The van der Waals surface area contributed by atoms with Crippen molar-refractivity contribution in [1.82, 2.24) is 0 Å². The van der Waals surface area contributed by atoms with Crippen LogP contribution in [0, 0.1) is 0 Å². The van der Waals surface area contributed by atoms with Gasteiger partial charge in [-0.25, -0.2) is 0 Å². The fourth-order valence-corrected chi connectivity index (χ4v) is 2.87. The summed E-state index contributed by atoms with van der Waals surface area (Å²) < 4.78 is 16.9. The van der Waals surface area contributed by atoms with E-state index in [1.807, 2.05) is 48.5 Å². The van der Waals surface area contributed by atoms with E-state index < -0.39 is 0 Å². The molecule has 5 heteroatoms. The van der Waals surface area contributed by atoms with Crippen molar-refractivity contribution in [1.29, 1.82) is 0 Å². The minimum absolute atomic E-state index is 0.195. The lowest BCUT2D eigenvalue weighted by molar-refractivity contribution is 0.102. The molecule has 1 aliphatic rings. The van der Waals surface area contributed by atoms with Crippen molar-refractivity contribution in [3.63, 3.8) is 0 Å². The number of ether oxygens (including phenoxy) is 3. The smallest absolute Gasteiger partial charge is 0.256 e. The number of carbonyl (C=O) groups is 1. The molecule has 0 aromatic heterocycles. The molecular weight excluding hydrogens is 342 g/mol. The highest BCUT2D eigenvalue weighted by Gasteiger charge is 2.15. The van der Waals surface area contributed by atoms with E-state index >= 15 is 0 Å². The summed E-state index contributed by atoms with van der Waals surface area (Å²) in [6, 6.07) is 22.3. The van der Waals surface area contributed by atoms with Gasteiger partial charge in [0, 0.05) is 22.9 Å². The second-order valence-electron chi connectivity index (χ2n) is 6.07. The number of nitrogens with one attached hydrogen (secondary N) is 1. The Morgan fingerprint density at radius 3 is 2.48 bits per heavy atom. The maximum Gasteiger partial charge on any atom is 0.256 e. The van der Waals surface area contributed by atoms with Gasteiger partial charge in [0.05, 0.1) is 0 Å². The second kappa shape index (κ2) is 7.83. The summed E-state index contributed by atoms with van der Waals surface area (Å²) in [7, 11) is 0. The van der Waals surface area contributed by atoms with Gasteiger partial charge in [-0.1, -0.05) is 36.4 Å². The van der Waals surface area contributed by atoms with Gasteiger partial charge in [-0.2, -0.15) is 0 Å². The van der Waals surface area contributed by atoms with Crippen LogP contribution in [0.3, 0.4) is 0 Å². The van der Waals surface area contributed by atoms with Crippen LogP contribution in [-0.4, -0.2) is 19.1 Å². The van der Waals surface area contributed by atoms with Crippen LogP contribution in [0.5, 0.6) is 17.2 Å². The molecule has 0 spiro atoms. The van der Waals surface area contributed by atoms with Crippen LogP contribution >= 0.6 is 0 Å². The lowest BCUT2D eigenvalue weighted by atomic mass is 10.1. The van der Waals surface area contributed by atoms with Crippen LogP contribution < -0.4 is 19.5 Å². The molecule has 3 aromatic carbocycles. The van der Waals surface area contributed by atoms with Crippen LogP contribution in [-0.2, 0) is 6.61 Å². The molecule has 0 unspecified atom stereocenters. The number of para-hydroxylation sites is 1. The third-order valence-electron chi connectivity index (χ3n) is 4.20. The highest BCUT2D eigenvalue weighted by atomic mass is 16.6. The average Bonchev–Trinajstić information content (AvgIpc) is 2.73.